The fourth-order valence-electron chi connectivity index (χ4n) is 3.17. The second kappa shape index (κ2) is 6.06. The van der Waals surface area contributed by atoms with Crippen LogP contribution in [0.5, 0.6) is 0 Å². The summed E-state index contributed by atoms with van der Waals surface area (Å²) in [7, 11) is 0. The van der Waals surface area contributed by atoms with Gasteiger partial charge in [0.1, 0.15) is 5.82 Å². The van der Waals surface area contributed by atoms with E-state index in [1.807, 2.05) is 36.5 Å². The van der Waals surface area contributed by atoms with Crippen LogP contribution < -0.4 is 11.1 Å². The number of fused-ring (bicyclic) bond motifs is 2. The number of nitrogens with two attached hydrogens (primary N) is 1. The number of hydrogen-bond donors (Lipinski definition) is 3. The maximum absolute atomic E-state index is 5.67. The summed E-state index contributed by atoms with van der Waals surface area (Å²) in [6.45, 7) is 0. The van der Waals surface area contributed by atoms with Crippen LogP contribution in [0.15, 0.2) is 67.1 Å². The highest BCUT2D eigenvalue weighted by Crippen LogP contribution is 2.32. The number of aromatic amines is 1. The van der Waals surface area contributed by atoms with Gasteiger partial charge in [-0.3, -0.25) is 10.1 Å². The van der Waals surface area contributed by atoms with Crippen molar-refractivity contribution in [1.82, 2.24) is 25.1 Å². The van der Waals surface area contributed by atoms with Crippen molar-refractivity contribution in [1.29, 1.82) is 0 Å². The van der Waals surface area contributed by atoms with Crippen LogP contribution in [0.3, 0.4) is 0 Å². The van der Waals surface area contributed by atoms with E-state index in [9.17, 15) is 0 Å². The Morgan fingerprint density at radius 1 is 0.926 bits per heavy atom. The molecule has 0 unspecified atom stereocenters. The minimum absolute atomic E-state index is 0.225. The Labute approximate surface area is 154 Å². The first-order valence-corrected chi connectivity index (χ1v) is 8.44. The Morgan fingerprint density at radius 3 is 2.78 bits per heavy atom. The van der Waals surface area contributed by atoms with Crippen molar-refractivity contribution in [2.24, 2.45) is 0 Å². The van der Waals surface area contributed by atoms with Gasteiger partial charge in [-0.1, -0.05) is 18.2 Å². The van der Waals surface area contributed by atoms with Crippen LogP contribution in [0, 0.1) is 0 Å². The van der Waals surface area contributed by atoms with Gasteiger partial charge in [0.05, 0.1) is 17.2 Å². The molecular formula is C20H15N7. The molecule has 5 aromatic rings. The van der Waals surface area contributed by atoms with Crippen molar-refractivity contribution in [3.63, 3.8) is 0 Å². The fourth-order valence-corrected chi connectivity index (χ4v) is 3.17. The average molecular weight is 353 g/mol. The average Bonchev–Trinajstić information content (AvgIpc) is 3.15. The first-order valence-electron chi connectivity index (χ1n) is 8.44. The molecule has 0 bridgehead atoms. The quantitative estimate of drug-likeness (QED) is 0.454. The van der Waals surface area contributed by atoms with Gasteiger partial charge < -0.3 is 11.1 Å². The second-order valence-corrected chi connectivity index (χ2v) is 6.20. The minimum atomic E-state index is 0.225. The molecule has 130 valence electrons. The van der Waals surface area contributed by atoms with Crippen LogP contribution in [-0.4, -0.2) is 25.1 Å². The van der Waals surface area contributed by atoms with E-state index in [2.05, 4.69) is 42.6 Å². The largest absolute Gasteiger partial charge is 0.368 e. The summed E-state index contributed by atoms with van der Waals surface area (Å²) in [5, 5.41) is 12.6. The van der Waals surface area contributed by atoms with E-state index in [0.717, 1.165) is 38.6 Å². The van der Waals surface area contributed by atoms with Gasteiger partial charge in [0.15, 0.2) is 0 Å². The summed E-state index contributed by atoms with van der Waals surface area (Å²) in [5.41, 5.74) is 10.5. The van der Waals surface area contributed by atoms with Gasteiger partial charge >= 0.3 is 0 Å². The van der Waals surface area contributed by atoms with Gasteiger partial charge in [-0.15, -0.1) is 0 Å². The normalized spacial score (nSPS) is 11.1. The highest BCUT2D eigenvalue weighted by atomic mass is 15.1. The molecule has 0 atom stereocenters. The molecule has 5 rings (SSSR count). The van der Waals surface area contributed by atoms with Crippen molar-refractivity contribution < 1.29 is 0 Å². The number of pyridine rings is 1. The number of nitrogens with one attached hydrogen (secondary N) is 2. The van der Waals surface area contributed by atoms with Gasteiger partial charge in [-0.2, -0.15) is 10.1 Å². The van der Waals surface area contributed by atoms with Crippen molar-refractivity contribution in [2.75, 3.05) is 11.1 Å². The van der Waals surface area contributed by atoms with Crippen LogP contribution >= 0.6 is 0 Å². The molecule has 3 heterocycles. The van der Waals surface area contributed by atoms with E-state index >= 15 is 0 Å². The number of aromatic nitrogens is 5. The van der Waals surface area contributed by atoms with Gasteiger partial charge in [0.25, 0.3) is 0 Å². The van der Waals surface area contributed by atoms with Gasteiger partial charge in [-0.05, 0) is 30.3 Å². The van der Waals surface area contributed by atoms with Crippen molar-refractivity contribution in [3.05, 3.63) is 67.1 Å². The zero-order chi connectivity index (χ0) is 18.2. The van der Waals surface area contributed by atoms with Crippen LogP contribution in [0.1, 0.15) is 0 Å². The topological polar surface area (TPSA) is 105 Å². The van der Waals surface area contributed by atoms with E-state index in [0.29, 0.717) is 5.82 Å². The maximum Gasteiger partial charge on any atom is 0.221 e. The summed E-state index contributed by atoms with van der Waals surface area (Å²) in [6, 6.07) is 16.0. The first kappa shape index (κ1) is 15.3. The predicted octanol–water partition coefficient (Wildman–Crippen LogP) is 3.89. The molecule has 3 aromatic heterocycles. The third-order valence-corrected chi connectivity index (χ3v) is 4.40. The van der Waals surface area contributed by atoms with Crippen molar-refractivity contribution in [2.45, 2.75) is 0 Å². The number of hydrogen-bond acceptors (Lipinski definition) is 6. The molecular weight excluding hydrogens is 338 g/mol. The predicted molar refractivity (Wildman–Crippen MR) is 107 cm³/mol. The second-order valence-electron chi connectivity index (χ2n) is 6.20. The highest BCUT2D eigenvalue weighted by Gasteiger charge is 2.10. The van der Waals surface area contributed by atoms with Gasteiger partial charge in [0.2, 0.25) is 5.95 Å². The van der Waals surface area contributed by atoms with E-state index in [4.69, 9.17) is 5.73 Å². The fraction of sp³-hybridized carbons (Fsp3) is 0. The van der Waals surface area contributed by atoms with Crippen LogP contribution in [-0.2, 0) is 0 Å². The number of benzene rings is 2. The number of nitrogen functional groups attached to an aromatic ring is 1. The molecule has 27 heavy (non-hydrogen) atoms. The smallest absolute Gasteiger partial charge is 0.221 e. The number of para-hydroxylation sites is 1. The van der Waals surface area contributed by atoms with E-state index in [-0.39, 0.29) is 5.95 Å². The lowest BCUT2D eigenvalue weighted by molar-refractivity contribution is 1.12. The molecule has 2 aromatic carbocycles. The first-order chi connectivity index (χ1) is 13.3. The Morgan fingerprint density at radius 2 is 1.85 bits per heavy atom. The number of H-pyrrole nitrogens is 1. The molecule has 0 aliphatic carbocycles. The molecule has 0 radical (unpaired) electrons. The summed E-state index contributed by atoms with van der Waals surface area (Å²) in [4.78, 5) is 12.7. The van der Waals surface area contributed by atoms with Crippen molar-refractivity contribution in [3.8, 4) is 11.1 Å². The highest BCUT2D eigenvalue weighted by molar-refractivity contribution is 5.98. The zero-order valence-corrected chi connectivity index (χ0v) is 14.2. The van der Waals surface area contributed by atoms with Crippen LogP contribution in [0.2, 0.25) is 0 Å². The Hall–Kier alpha value is -4.00. The summed E-state index contributed by atoms with van der Waals surface area (Å²) in [6.07, 6.45) is 5.30. The molecule has 0 spiro atoms. The molecule has 0 aliphatic heterocycles. The molecule has 7 nitrogen and oxygen atoms in total. The number of anilines is 3. The minimum Gasteiger partial charge on any atom is -0.368 e. The third kappa shape index (κ3) is 2.81. The summed E-state index contributed by atoms with van der Waals surface area (Å²) < 4.78 is 0. The molecule has 0 saturated heterocycles. The van der Waals surface area contributed by atoms with E-state index in [1.165, 1.54) is 0 Å². The Kier molecular flexibility index (Phi) is 3.43. The SMILES string of the molecule is Nc1nccc(Nc2cc(-c3cnc4ccccc4c3)c3[nH]ncc3c2)n1. The third-order valence-electron chi connectivity index (χ3n) is 4.40. The summed E-state index contributed by atoms with van der Waals surface area (Å²) >= 11 is 0. The standard InChI is InChI=1S/C20H15N7/c21-20-22-6-5-18(26-20)25-15-8-14-11-24-27-19(14)16(9-15)13-7-12-3-1-2-4-17(12)23-10-13/h1-11H,(H,24,27)(H3,21,22,25,26). The molecule has 0 aliphatic rings. The van der Waals surface area contributed by atoms with Gasteiger partial charge in [-0.25, -0.2) is 4.98 Å². The van der Waals surface area contributed by atoms with Crippen LogP contribution in [0.4, 0.5) is 17.5 Å². The lowest BCUT2D eigenvalue weighted by Crippen LogP contribution is -1.99. The van der Waals surface area contributed by atoms with Crippen LogP contribution in [0.25, 0.3) is 32.9 Å². The zero-order valence-electron chi connectivity index (χ0n) is 14.2. The molecule has 7 heteroatoms. The molecule has 0 saturated carbocycles. The Bertz CT molecular complexity index is 1280. The van der Waals surface area contributed by atoms with Gasteiger partial charge in [0, 0.05) is 40.0 Å². The number of rotatable bonds is 3. The lowest BCUT2D eigenvalue weighted by atomic mass is 10.0. The maximum atomic E-state index is 5.67. The molecule has 0 amide bonds. The van der Waals surface area contributed by atoms with E-state index < -0.39 is 0 Å². The lowest BCUT2D eigenvalue weighted by Gasteiger charge is -2.10. The monoisotopic (exact) mass is 353 g/mol. The Balaban J connectivity index is 1.65. The summed E-state index contributed by atoms with van der Waals surface area (Å²) in [5.74, 6) is 0.858. The van der Waals surface area contributed by atoms with Crippen molar-refractivity contribution >= 4 is 39.3 Å². The molecule has 4 N–H and O–H groups in total. The molecule has 0 fully saturated rings. The van der Waals surface area contributed by atoms with E-state index in [1.54, 1.807) is 18.5 Å². The number of nitrogens with zero attached hydrogens (tertiary/aromatic N) is 4.